The summed E-state index contributed by atoms with van der Waals surface area (Å²) in [6, 6.07) is 7.52. The van der Waals surface area contributed by atoms with Gasteiger partial charge in [0.05, 0.1) is 29.5 Å². The van der Waals surface area contributed by atoms with Crippen LogP contribution in [0.5, 0.6) is 11.5 Å². The van der Waals surface area contributed by atoms with E-state index in [1.807, 2.05) is 25.1 Å². The molecule has 0 aliphatic carbocycles. The molecule has 0 saturated carbocycles. The normalized spacial score (nSPS) is 13.6. The first-order chi connectivity index (χ1) is 10.6. The van der Waals surface area contributed by atoms with Crippen LogP contribution in [0.1, 0.15) is 11.3 Å². The SMILES string of the molecule is COc1cc2c(cc1Br)OCC(=O)N2Cc1ccc(C)cn1. The van der Waals surface area contributed by atoms with Gasteiger partial charge in [-0.15, -0.1) is 0 Å². The van der Waals surface area contributed by atoms with Gasteiger partial charge in [-0.25, -0.2) is 0 Å². The van der Waals surface area contributed by atoms with Gasteiger partial charge >= 0.3 is 0 Å². The highest BCUT2D eigenvalue weighted by Gasteiger charge is 2.27. The molecule has 0 bridgehead atoms. The number of fused-ring (bicyclic) bond motifs is 1. The third-order valence-electron chi connectivity index (χ3n) is 3.47. The summed E-state index contributed by atoms with van der Waals surface area (Å²) < 4.78 is 11.6. The number of amides is 1. The molecule has 0 N–H and O–H groups in total. The fourth-order valence-corrected chi connectivity index (χ4v) is 2.77. The van der Waals surface area contributed by atoms with Gasteiger partial charge < -0.3 is 9.47 Å². The van der Waals surface area contributed by atoms with Crippen molar-refractivity contribution >= 4 is 27.5 Å². The number of carbonyl (C=O) groups is 1. The number of hydrogen-bond acceptors (Lipinski definition) is 4. The van der Waals surface area contributed by atoms with Crippen LogP contribution in [0.15, 0.2) is 34.9 Å². The second-order valence-corrected chi connectivity index (χ2v) is 5.90. The molecule has 0 atom stereocenters. The van der Waals surface area contributed by atoms with Gasteiger partial charge in [0.2, 0.25) is 0 Å². The van der Waals surface area contributed by atoms with E-state index in [1.54, 1.807) is 24.3 Å². The van der Waals surface area contributed by atoms with Crippen LogP contribution in [-0.4, -0.2) is 24.6 Å². The van der Waals surface area contributed by atoms with Crippen LogP contribution in [0.2, 0.25) is 0 Å². The van der Waals surface area contributed by atoms with E-state index in [1.165, 1.54) is 0 Å². The van der Waals surface area contributed by atoms with E-state index in [9.17, 15) is 4.79 Å². The molecule has 22 heavy (non-hydrogen) atoms. The number of halogens is 1. The van der Waals surface area contributed by atoms with Crippen LogP contribution >= 0.6 is 15.9 Å². The van der Waals surface area contributed by atoms with Crippen molar-refractivity contribution in [1.29, 1.82) is 0 Å². The topological polar surface area (TPSA) is 51.7 Å². The lowest BCUT2D eigenvalue weighted by Crippen LogP contribution is -2.38. The Balaban J connectivity index is 1.98. The maximum absolute atomic E-state index is 12.2. The summed E-state index contributed by atoms with van der Waals surface area (Å²) in [7, 11) is 1.59. The number of carbonyl (C=O) groups excluding carboxylic acids is 1. The summed E-state index contributed by atoms with van der Waals surface area (Å²) in [5.74, 6) is 1.21. The van der Waals surface area contributed by atoms with E-state index < -0.39 is 0 Å². The van der Waals surface area contributed by atoms with E-state index >= 15 is 0 Å². The lowest BCUT2D eigenvalue weighted by atomic mass is 10.2. The lowest BCUT2D eigenvalue weighted by Gasteiger charge is -2.29. The molecule has 0 radical (unpaired) electrons. The molecule has 2 aromatic rings. The number of aromatic nitrogens is 1. The highest BCUT2D eigenvalue weighted by Crippen LogP contribution is 2.40. The van der Waals surface area contributed by atoms with Crippen molar-refractivity contribution in [3.63, 3.8) is 0 Å². The zero-order chi connectivity index (χ0) is 15.7. The van der Waals surface area contributed by atoms with Crippen molar-refractivity contribution in [2.24, 2.45) is 0 Å². The molecule has 1 aliphatic heterocycles. The summed E-state index contributed by atoms with van der Waals surface area (Å²) in [6.45, 7) is 2.41. The Hall–Kier alpha value is -2.08. The summed E-state index contributed by atoms with van der Waals surface area (Å²) in [5, 5.41) is 0. The Morgan fingerprint density at radius 3 is 2.91 bits per heavy atom. The number of hydrogen-bond donors (Lipinski definition) is 0. The Bertz CT molecular complexity index is 716. The van der Waals surface area contributed by atoms with Crippen molar-refractivity contribution in [2.75, 3.05) is 18.6 Å². The van der Waals surface area contributed by atoms with Crippen LogP contribution in [0.25, 0.3) is 0 Å². The van der Waals surface area contributed by atoms with Crippen LogP contribution in [0.4, 0.5) is 5.69 Å². The second kappa shape index (κ2) is 5.96. The van der Waals surface area contributed by atoms with Gasteiger partial charge in [-0.1, -0.05) is 6.07 Å². The zero-order valence-corrected chi connectivity index (χ0v) is 13.9. The quantitative estimate of drug-likeness (QED) is 0.841. The first kappa shape index (κ1) is 14.8. The number of pyridine rings is 1. The van der Waals surface area contributed by atoms with Gasteiger partial charge in [-0.05, 0) is 34.5 Å². The van der Waals surface area contributed by atoms with E-state index in [0.717, 1.165) is 15.7 Å². The molecule has 114 valence electrons. The molecular formula is C16H15BrN2O3. The summed E-state index contributed by atoms with van der Waals surface area (Å²) in [4.78, 5) is 18.3. The Kier molecular flexibility index (Phi) is 4.02. The first-order valence-corrected chi connectivity index (χ1v) is 7.60. The van der Waals surface area contributed by atoms with Gasteiger partial charge in [0.15, 0.2) is 6.61 Å². The van der Waals surface area contributed by atoms with Crippen LogP contribution in [0, 0.1) is 6.92 Å². The number of methoxy groups -OCH3 is 1. The molecule has 1 amide bonds. The molecule has 0 unspecified atom stereocenters. The molecule has 5 nitrogen and oxygen atoms in total. The molecule has 6 heteroatoms. The number of aryl methyl sites for hydroxylation is 1. The standard InChI is InChI=1S/C16H15BrN2O3/c1-10-3-4-11(18-7-10)8-19-13-6-14(21-2)12(17)5-15(13)22-9-16(19)20/h3-7H,8-9H2,1-2H3. The minimum Gasteiger partial charge on any atom is -0.495 e. The van der Waals surface area contributed by atoms with Gasteiger partial charge in [-0.2, -0.15) is 0 Å². The van der Waals surface area contributed by atoms with Gasteiger partial charge in [0.1, 0.15) is 11.5 Å². The molecule has 0 fully saturated rings. The minimum absolute atomic E-state index is 0.0254. The van der Waals surface area contributed by atoms with E-state index in [4.69, 9.17) is 9.47 Å². The molecule has 0 spiro atoms. The Labute approximate surface area is 137 Å². The maximum atomic E-state index is 12.2. The summed E-state index contributed by atoms with van der Waals surface area (Å²) in [5.41, 5.74) is 2.61. The average Bonchev–Trinajstić information content (AvgIpc) is 2.52. The fraction of sp³-hybridized carbons (Fsp3) is 0.250. The van der Waals surface area contributed by atoms with E-state index in [2.05, 4.69) is 20.9 Å². The highest BCUT2D eigenvalue weighted by atomic mass is 79.9. The fourth-order valence-electron chi connectivity index (χ4n) is 2.29. The molecule has 1 aromatic heterocycles. The van der Waals surface area contributed by atoms with E-state index in [0.29, 0.717) is 23.7 Å². The largest absolute Gasteiger partial charge is 0.495 e. The summed E-state index contributed by atoms with van der Waals surface area (Å²) in [6.07, 6.45) is 1.79. The third kappa shape index (κ3) is 2.78. The summed E-state index contributed by atoms with van der Waals surface area (Å²) >= 11 is 3.42. The predicted molar refractivity (Wildman–Crippen MR) is 86.4 cm³/mol. The van der Waals surface area contributed by atoms with Crippen LogP contribution in [-0.2, 0) is 11.3 Å². The van der Waals surface area contributed by atoms with Crippen molar-refractivity contribution in [2.45, 2.75) is 13.5 Å². The Morgan fingerprint density at radius 2 is 2.23 bits per heavy atom. The van der Waals surface area contributed by atoms with Gasteiger partial charge in [0, 0.05) is 18.3 Å². The van der Waals surface area contributed by atoms with Crippen molar-refractivity contribution in [3.05, 3.63) is 46.2 Å². The molecule has 0 saturated heterocycles. The first-order valence-electron chi connectivity index (χ1n) is 6.80. The number of ether oxygens (including phenoxy) is 2. The van der Waals surface area contributed by atoms with Crippen molar-refractivity contribution in [3.8, 4) is 11.5 Å². The molecule has 2 heterocycles. The van der Waals surface area contributed by atoms with Crippen LogP contribution < -0.4 is 14.4 Å². The highest BCUT2D eigenvalue weighted by molar-refractivity contribution is 9.10. The monoisotopic (exact) mass is 362 g/mol. The number of nitrogens with zero attached hydrogens (tertiary/aromatic N) is 2. The number of benzene rings is 1. The van der Waals surface area contributed by atoms with Gasteiger partial charge in [0.25, 0.3) is 5.91 Å². The van der Waals surface area contributed by atoms with Crippen LogP contribution in [0.3, 0.4) is 0 Å². The average molecular weight is 363 g/mol. The molecular weight excluding hydrogens is 348 g/mol. The Morgan fingerprint density at radius 1 is 1.41 bits per heavy atom. The molecule has 1 aromatic carbocycles. The molecule has 3 rings (SSSR count). The minimum atomic E-state index is -0.0979. The number of anilines is 1. The third-order valence-corrected chi connectivity index (χ3v) is 4.09. The smallest absolute Gasteiger partial charge is 0.265 e. The predicted octanol–water partition coefficient (Wildman–Crippen LogP) is 3.09. The lowest BCUT2D eigenvalue weighted by molar-refractivity contribution is -0.121. The van der Waals surface area contributed by atoms with Crippen molar-refractivity contribution < 1.29 is 14.3 Å². The second-order valence-electron chi connectivity index (χ2n) is 5.05. The number of rotatable bonds is 3. The van der Waals surface area contributed by atoms with Gasteiger partial charge in [-0.3, -0.25) is 14.7 Å². The maximum Gasteiger partial charge on any atom is 0.265 e. The molecule has 1 aliphatic rings. The van der Waals surface area contributed by atoms with E-state index in [-0.39, 0.29) is 12.5 Å². The van der Waals surface area contributed by atoms with Crippen molar-refractivity contribution in [1.82, 2.24) is 4.98 Å². The zero-order valence-electron chi connectivity index (χ0n) is 12.3.